The summed E-state index contributed by atoms with van der Waals surface area (Å²) in [7, 11) is 0. The SMILES string of the molecule is Cc1ccc(C(=O)[C@@H](C)OC(=O)c2cc(-c3ccc(N4C(=O)[C@H]5[C@@H]6CC[C@@H](C6)[C@@H]5C4=O)cc3)nc3ccccc23)cc1. The second-order valence-corrected chi connectivity index (χ2v) is 11.8. The van der Waals surface area contributed by atoms with Crippen LogP contribution in [0, 0.1) is 30.6 Å². The lowest BCUT2D eigenvalue weighted by Gasteiger charge is -2.19. The number of hydrogen-bond acceptors (Lipinski definition) is 6. The van der Waals surface area contributed by atoms with E-state index >= 15 is 0 Å². The average molecular weight is 559 g/mol. The molecule has 3 fully saturated rings. The fourth-order valence-electron chi connectivity index (χ4n) is 7.17. The van der Waals surface area contributed by atoms with Gasteiger partial charge >= 0.3 is 5.97 Å². The van der Waals surface area contributed by atoms with Gasteiger partial charge in [0.05, 0.1) is 34.3 Å². The van der Waals surface area contributed by atoms with Crippen LogP contribution >= 0.6 is 0 Å². The molecule has 3 aromatic carbocycles. The molecule has 2 aliphatic carbocycles. The molecule has 2 amide bonds. The molecule has 210 valence electrons. The number of anilines is 1. The molecule has 1 aliphatic heterocycles. The number of nitrogens with zero attached hydrogens (tertiary/aromatic N) is 2. The van der Waals surface area contributed by atoms with Crippen molar-refractivity contribution in [2.45, 2.75) is 39.2 Å². The van der Waals surface area contributed by atoms with E-state index in [1.54, 1.807) is 43.3 Å². The summed E-state index contributed by atoms with van der Waals surface area (Å²) in [6, 6.07) is 23.3. The van der Waals surface area contributed by atoms with Gasteiger partial charge in [0.25, 0.3) is 0 Å². The Hall–Kier alpha value is -4.65. The van der Waals surface area contributed by atoms with E-state index in [0.29, 0.717) is 45.2 Å². The number of rotatable bonds is 6. The van der Waals surface area contributed by atoms with Crippen LogP contribution in [0.5, 0.6) is 0 Å². The Bertz CT molecular complexity index is 1730. The minimum Gasteiger partial charge on any atom is -0.451 e. The number of Topliss-reactive ketones (excluding diaryl/α,β-unsaturated/α-hetero) is 1. The molecule has 2 heterocycles. The van der Waals surface area contributed by atoms with Gasteiger partial charge in [0.2, 0.25) is 17.6 Å². The van der Waals surface area contributed by atoms with Crippen LogP contribution in [0.1, 0.15) is 52.5 Å². The van der Waals surface area contributed by atoms with E-state index in [0.717, 1.165) is 30.4 Å². The van der Waals surface area contributed by atoms with Crippen molar-refractivity contribution in [1.82, 2.24) is 4.98 Å². The maximum Gasteiger partial charge on any atom is 0.339 e. The number of ether oxygens (including phenoxy) is 1. The van der Waals surface area contributed by atoms with Crippen LogP contribution in [0.25, 0.3) is 22.2 Å². The van der Waals surface area contributed by atoms with Crippen LogP contribution in [0.2, 0.25) is 0 Å². The van der Waals surface area contributed by atoms with E-state index < -0.39 is 12.1 Å². The molecule has 0 N–H and O–H groups in total. The zero-order valence-corrected chi connectivity index (χ0v) is 23.4. The Kier molecular flexibility index (Phi) is 6.26. The lowest BCUT2D eigenvalue weighted by atomic mass is 9.81. The first-order valence-corrected chi connectivity index (χ1v) is 14.5. The number of aryl methyl sites for hydroxylation is 1. The number of hydrogen-bond donors (Lipinski definition) is 0. The summed E-state index contributed by atoms with van der Waals surface area (Å²) in [4.78, 5) is 59.0. The predicted octanol–water partition coefficient (Wildman–Crippen LogP) is 6.17. The normalized spacial score (nSPS) is 23.3. The number of fused-ring (bicyclic) bond motifs is 6. The second kappa shape index (κ2) is 10.0. The van der Waals surface area contributed by atoms with Crippen molar-refractivity contribution in [2.75, 3.05) is 4.90 Å². The molecule has 4 aromatic rings. The predicted molar refractivity (Wildman–Crippen MR) is 158 cm³/mol. The first-order valence-electron chi connectivity index (χ1n) is 14.5. The van der Waals surface area contributed by atoms with Crippen molar-refractivity contribution in [3.05, 3.63) is 95.6 Å². The van der Waals surface area contributed by atoms with Gasteiger partial charge < -0.3 is 4.74 Å². The van der Waals surface area contributed by atoms with E-state index in [1.807, 2.05) is 49.4 Å². The van der Waals surface area contributed by atoms with Crippen molar-refractivity contribution >= 4 is 40.2 Å². The third-order valence-electron chi connectivity index (χ3n) is 9.27. The number of pyridine rings is 1. The summed E-state index contributed by atoms with van der Waals surface area (Å²) in [6.45, 7) is 3.51. The number of aromatic nitrogens is 1. The molecule has 1 saturated heterocycles. The Balaban J connectivity index is 1.16. The van der Waals surface area contributed by atoms with Crippen LogP contribution in [-0.2, 0) is 14.3 Å². The van der Waals surface area contributed by atoms with Crippen molar-refractivity contribution in [1.29, 1.82) is 0 Å². The molecular weight excluding hydrogens is 528 g/mol. The maximum atomic E-state index is 13.4. The second-order valence-electron chi connectivity index (χ2n) is 11.8. The van der Waals surface area contributed by atoms with Crippen molar-refractivity contribution in [3.63, 3.8) is 0 Å². The highest BCUT2D eigenvalue weighted by Gasteiger charge is 2.61. The molecule has 2 saturated carbocycles. The minimum atomic E-state index is -0.972. The molecular formula is C35H30N2O5. The fourth-order valence-corrected chi connectivity index (χ4v) is 7.17. The summed E-state index contributed by atoms with van der Waals surface area (Å²) in [5.74, 6) is -0.735. The van der Waals surface area contributed by atoms with E-state index in [9.17, 15) is 19.2 Å². The maximum absolute atomic E-state index is 13.4. The molecule has 0 unspecified atom stereocenters. The minimum absolute atomic E-state index is 0.0758. The van der Waals surface area contributed by atoms with Crippen molar-refractivity contribution in [3.8, 4) is 11.3 Å². The van der Waals surface area contributed by atoms with Gasteiger partial charge in [0.15, 0.2) is 6.10 Å². The topological polar surface area (TPSA) is 93.6 Å². The van der Waals surface area contributed by atoms with Gasteiger partial charge in [0.1, 0.15) is 0 Å². The Morgan fingerprint density at radius 3 is 2.19 bits per heavy atom. The van der Waals surface area contributed by atoms with Gasteiger partial charge in [-0.2, -0.15) is 0 Å². The number of imide groups is 1. The highest BCUT2D eigenvalue weighted by Crippen LogP contribution is 2.56. The molecule has 42 heavy (non-hydrogen) atoms. The molecule has 5 atom stereocenters. The van der Waals surface area contributed by atoms with Crippen molar-refractivity contribution in [2.24, 2.45) is 23.7 Å². The first-order chi connectivity index (χ1) is 20.3. The van der Waals surface area contributed by atoms with Crippen molar-refractivity contribution < 1.29 is 23.9 Å². The zero-order valence-electron chi connectivity index (χ0n) is 23.4. The molecule has 2 bridgehead atoms. The molecule has 0 radical (unpaired) electrons. The molecule has 7 nitrogen and oxygen atoms in total. The van der Waals surface area contributed by atoms with Gasteiger partial charge in [-0.3, -0.25) is 19.3 Å². The molecule has 3 aliphatic rings. The molecule has 7 heteroatoms. The summed E-state index contributed by atoms with van der Waals surface area (Å²) >= 11 is 0. The highest BCUT2D eigenvalue weighted by molar-refractivity contribution is 6.22. The Morgan fingerprint density at radius 1 is 0.881 bits per heavy atom. The lowest BCUT2D eigenvalue weighted by Crippen LogP contribution is -2.32. The zero-order chi connectivity index (χ0) is 29.1. The van der Waals surface area contributed by atoms with E-state index in [4.69, 9.17) is 9.72 Å². The largest absolute Gasteiger partial charge is 0.451 e. The average Bonchev–Trinajstić information content (AvgIpc) is 3.70. The molecule has 0 spiro atoms. The number of para-hydroxylation sites is 1. The standard InChI is InChI=1S/C35H30N2O5/c1-19-7-9-22(10-8-19)32(38)20(2)42-35(41)27-18-29(36-28-6-4-3-5-26(27)28)21-13-15-25(16-14-21)37-33(39)30-23-11-12-24(17-23)31(30)34(37)40/h3-10,13-16,18,20,23-24,30-31H,11-12,17H2,1-2H3/t20-,23-,24+,30+,31+/m1/s1. The summed E-state index contributed by atoms with van der Waals surface area (Å²) in [6.07, 6.45) is 2.10. The number of esters is 1. The van der Waals surface area contributed by atoms with Gasteiger partial charge in [0, 0.05) is 16.5 Å². The van der Waals surface area contributed by atoms with Crippen LogP contribution < -0.4 is 4.90 Å². The van der Waals surface area contributed by atoms with Crippen LogP contribution in [-0.4, -0.2) is 34.7 Å². The van der Waals surface area contributed by atoms with Crippen LogP contribution in [0.4, 0.5) is 5.69 Å². The van der Waals surface area contributed by atoms with E-state index in [1.165, 1.54) is 4.90 Å². The Morgan fingerprint density at radius 2 is 1.52 bits per heavy atom. The number of ketones is 1. The summed E-state index contributed by atoms with van der Waals surface area (Å²) < 4.78 is 5.65. The number of carbonyl (C=O) groups is 4. The van der Waals surface area contributed by atoms with Gasteiger partial charge in [-0.15, -0.1) is 0 Å². The lowest BCUT2D eigenvalue weighted by molar-refractivity contribution is -0.123. The monoisotopic (exact) mass is 558 g/mol. The Labute approximate surface area is 243 Å². The van der Waals surface area contributed by atoms with E-state index in [-0.39, 0.29) is 29.4 Å². The van der Waals surface area contributed by atoms with Crippen LogP contribution in [0.3, 0.4) is 0 Å². The fraction of sp³-hybridized carbons (Fsp3) is 0.286. The number of amides is 2. The third kappa shape index (κ3) is 4.23. The first kappa shape index (κ1) is 26.3. The quantitative estimate of drug-likeness (QED) is 0.160. The van der Waals surface area contributed by atoms with Crippen LogP contribution in [0.15, 0.2) is 78.9 Å². The number of carbonyl (C=O) groups excluding carboxylic acids is 4. The summed E-state index contributed by atoms with van der Waals surface area (Å²) in [5.41, 5.74) is 4.25. The number of benzene rings is 3. The summed E-state index contributed by atoms with van der Waals surface area (Å²) in [5, 5.41) is 0.618. The van der Waals surface area contributed by atoms with Gasteiger partial charge in [-0.25, -0.2) is 9.78 Å². The molecule has 1 aromatic heterocycles. The van der Waals surface area contributed by atoms with Gasteiger partial charge in [-0.05, 0) is 69.2 Å². The van der Waals surface area contributed by atoms with E-state index in [2.05, 4.69) is 0 Å². The third-order valence-corrected chi connectivity index (χ3v) is 9.27. The highest BCUT2D eigenvalue weighted by atomic mass is 16.5. The smallest absolute Gasteiger partial charge is 0.339 e. The molecule has 7 rings (SSSR count). The van der Waals surface area contributed by atoms with Gasteiger partial charge in [-0.1, -0.05) is 60.2 Å².